The van der Waals surface area contributed by atoms with Crippen molar-refractivity contribution < 1.29 is 9.90 Å². The summed E-state index contributed by atoms with van der Waals surface area (Å²) in [6.45, 7) is 4.85. The average Bonchev–Trinajstić information content (AvgIpc) is 2.60. The molecule has 0 aromatic rings. The van der Waals surface area contributed by atoms with Crippen LogP contribution in [0.25, 0.3) is 0 Å². The normalized spacial score (nSPS) is 25.2. The van der Waals surface area contributed by atoms with Crippen LogP contribution in [0.3, 0.4) is 0 Å². The summed E-state index contributed by atoms with van der Waals surface area (Å²) in [4.78, 5) is 14.1. The van der Waals surface area contributed by atoms with Gasteiger partial charge in [0.1, 0.15) is 0 Å². The molecule has 0 radical (unpaired) electrons. The van der Waals surface area contributed by atoms with Crippen LogP contribution in [-0.2, 0) is 4.79 Å². The van der Waals surface area contributed by atoms with Gasteiger partial charge in [-0.05, 0) is 18.8 Å². The molecule has 0 aromatic carbocycles. The first-order valence-electron chi connectivity index (χ1n) is 6.78. The number of nitrogens with two attached hydrogens (primary N) is 1. The Labute approximate surface area is 104 Å². The number of hydrogen-bond donors (Lipinski definition) is 2. The number of aliphatic hydroxyl groups is 1. The summed E-state index contributed by atoms with van der Waals surface area (Å²) >= 11 is 0. The van der Waals surface area contributed by atoms with Crippen LogP contribution in [0.15, 0.2) is 0 Å². The van der Waals surface area contributed by atoms with Gasteiger partial charge in [-0.2, -0.15) is 0 Å². The topological polar surface area (TPSA) is 66.6 Å². The maximum atomic E-state index is 12.3. The molecule has 0 aliphatic carbocycles. The lowest BCUT2D eigenvalue weighted by molar-refractivity contribution is -0.137. The lowest BCUT2D eigenvalue weighted by Crippen LogP contribution is -2.51. The van der Waals surface area contributed by atoms with Gasteiger partial charge in [0.25, 0.3) is 0 Å². The molecule has 1 amide bonds. The van der Waals surface area contributed by atoms with E-state index < -0.39 is 6.04 Å². The zero-order valence-corrected chi connectivity index (χ0v) is 11.1. The van der Waals surface area contributed by atoms with Crippen LogP contribution in [0.5, 0.6) is 0 Å². The van der Waals surface area contributed by atoms with Crippen molar-refractivity contribution in [3.05, 3.63) is 0 Å². The highest BCUT2D eigenvalue weighted by atomic mass is 16.3. The Kier molecular flexibility index (Phi) is 5.92. The summed E-state index contributed by atoms with van der Waals surface area (Å²) in [7, 11) is 0. The molecule has 4 heteroatoms. The van der Waals surface area contributed by atoms with Gasteiger partial charge >= 0.3 is 0 Å². The predicted molar refractivity (Wildman–Crippen MR) is 68.5 cm³/mol. The smallest absolute Gasteiger partial charge is 0.240 e. The van der Waals surface area contributed by atoms with E-state index in [9.17, 15) is 9.90 Å². The van der Waals surface area contributed by atoms with Crippen molar-refractivity contribution in [1.29, 1.82) is 0 Å². The molecule has 0 aromatic heterocycles. The Morgan fingerprint density at radius 3 is 2.76 bits per heavy atom. The fourth-order valence-electron chi connectivity index (χ4n) is 2.35. The van der Waals surface area contributed by atoms with Gasteiger partial charge in [-0.15, -0.1) is 0 Å². The highest BCUT2D eigenvalue weighted by molar-refractivity contribution is 5.82. The van der Waals surface area contributed by atoms with Crippen molar-refractivity contribution in [3.63, 3.8) is 0 Å². The van der Waals surface area contributed by atoms with E-state index in [-0.39, 0.29) is 24.5 Å². The van der Waals surface area contributed by atoms with E-state index in [1.165, 1.54) is 0 Å². The number of rotatable bonds is 4. The van der Waals surface area contributed by atoms with Gasteiger partial charge < -0.3 is 15.7 Å². The molecule has 3 N–H and O–H groups in total. The van der Waals surface area contributed by atoms with Gasteiger partial charge in [0, 0.05) is 6.54 Å². The Morgan fingerprint density at radius 1 is 1.47 bits per heavy atom. The lowest BCUT2D eigenvalue weighted by Gasteiger charge is -2.32. The molecule has 1 heterocycles. The van der Waals surface area contributed by atoms with E-state index in [0.717, 1.165) is 38.6 Å². The number of nitrogens with zero attached hydrogens (tertiary/aromatic N) is 1. The van der Waals surface area contributed by atoms with Gasteiger partial charge in [-0.25, -0.2) is 0 Å². The molecular formula is C13H26N2O2. The molecule has 1 fully saturated rings. The van der Waals surface area contributed by atoms with Crippen molar-refractivity contribution in [3.8, 4) is 0 Å². The van der Waals surface area contributed by atoms with E-state index in [1.807, 2.05) is 18.7 Å². The van der Waals surface area contributed by atoms with Crippen molar-refractivity contribution >= 4 is 5.91 Å². The van der Waals surface area contributed by atoms with Crippen LogP contribution >= 0.6 is 0 Å². The van der Waals surface area contributed by atoms with Crippen molar-refractivity contribution in [2.45, 2.75) is 58.0 Å². The first kappa shape index (κ1) is 14.5. The third-order valence-electron chi connectivity index (χ3n) is 3.91. The second kappa shape index (κ2) is 6.97. The van der Waals surface area contributed by atoms with Gasteiger partial charge in [0.05, 0.1) is 18.7 Å². The zero-order chi connectivity index (χ0) is 12.8. The maximum absolute atomic E-state index is 12.3. The number of amides is 1. The van der Waals surface area contributed by atoms with Crippen LogP contribution in [0.1, 0.15) is 46.0 Å². The third kappa shape index (κ3) is 3.68. The molecule has 17 heavy (non-hydrogen) atoms. The summed E-state index contributed by atoms with van der Waals surface area (Å²) in [5.74, 6) is 0.213. The predicted octanol–water partition coefficient (Wildman–Crippen LogP) is 1.12. The van der Waals surface area contributed by atoms with Crippen molar-refractivity contribution in [2.24, 2.45) is 11.7 Å². The SMILES string of the molecule is CCC(C)[C@H](N)C(=O)N1CCCCCC1CO. The molecule has 0 bridgehead atoms. The lowest BCUT2D eigenvalue weighted by atomic mass is 9.98. The molecule has 100 valence electrons. The van der Waals surface area contributed by atoms with Crippen molar-refractivity contribution in [2.75, 3.05) is 13.2 Å². The molecule has 1 aliphatic rings. The summed E-state index contributed by atoms with van der Waals surface area (Å²) in [6.07, 6.45) is 5.06. The van der Waals surface area contributed by atoms with Crippen LogP contribution in [0.4, 0.5) is 0 Å². The van der Waals surface area contributed by atoms with Gasteiger partial charge in [0.15, 0.2) is 0 Å². The average molecular weight is 242 g/mol. The van der Waals surface area contributed by atoms with E-state index in [0.29, 0.717) is 0 Å². The van der Waals surface area contributed by atoms with Gasteiger partial charge in [0.2, 0.25) is 5.91 Å². The van der Waals surface area contributed by atoms with Gasteiger partial charge in [-0.1, -0.05) is 33.1 Å². The summed E-state index contributed by atoms with van der Waals surface area (Å²) in [5, 5.41) is 9.38. The Morgan fingerprint density at radius 2 is 2.18 bits per heavy atom. The Hall–Kier alpha value is -0.610. The monoisotopic (exact) mass is 242 g/mol. The minimum absolute atomic E-state index is 0.0142. The second-order valence-electron chi connectivity index (χ2n) is 5.13. The van der Waals surface area contributed by atoms with Crippen LogP contribution in [0, 0.1) is 5.92 Å². The Bertz CT molecular complexity index is 246. The van der Waals surface area contributed by atoms with E-state index in [1.54, 1.807) is 0 Å². The van der Waals surface area contributed by atoms with Crippen LogP contribution in [0.2, 0.25) is 0 Å². The van der Waals surface area contributed by atoms with Crippen molar-refractivity contribution in [1.82, 2.24) is 4.90 Å². The second-order valence-corrected chi connectivity index (χ2v) is 5.13. The molecule has 2 unspecified atom stereocenters. The molecule has 4 nitrogen and oxygen atoms in total. The standard InChI is InChI=1S/C13H26N2O2/c1-3-10(2)12(14)13(17)15-8-6-4-5-7-11(15)9-16/h10-12,16H,3-9,14H2,1-2H3/t10?,11?,12-/m0/s1. The maximum Gasteiger partial charge on any atom is 0.240 e. The molecule has 0 saturated carbocycles. The minimum atomic E-state index is -0.424. The Balaban J connectivity index is 2.69. The van der Waals surface area contributed by atoms with E-state index in [4.69, 9.17) is 5.73 Å². The number of aliphatic hydroxyl groups excluding tert-OH is 1. The fourth-order valence-corrected chi connectivity index (χ4v) is 2.35. The number of hydrogen-bond acceptors (Lipinski definition) is 3. The fraction of sp³-hybridized carbons (Fsp3) is 0.923. The van der Waals surface area contributed by atoms with Crippen LogP contribution in [-0.4, -0.2) is 41.1 Å². The molecule has 0 spiro atoms. The first-order valence-corrected chi connectivity index (χ1v) is 6.78. The summed E-state index contributed by atoms with van der Waals surface area (Å²) < 4.78 is 0. The largest absolute Gasteiger partial charge is 0.394 e. The molecule has 1 rings (SSSR count). The number of carbonyl (C=O) groups is 1. The molecule has 3 atom stereocenters. The molecule has 1 saturated heterocycles. The van der Waals surface area contributed by atoms with Gasteiger partial charge in [-0.3, -0.25) is 4.79 Å². The zero-order valence-electron chi connectivity index (χ0n) is 11.1. The number of carbonyl (C=O) groups excluding carboxylic acids is 1. The van der Waals surface area contributed by atoms with E-state index >= 15 is 0 Å². The summed E-state index contributed by atoms with van der Waals surface area (Å²) in [6, 6.07) is -0.452. The van der Waals surface area contributed by atoms with Crippen LogP contribution < -0.4 is 5.73 Å². The molecular weight excluding hydrogens is 216 g/mol. The summed E-state index contributed by atoms with van der Waals surface area (Å²) in [5.41, 5.74) is 6.00. The van der Waals surface area contributed by atoms with E-state index in [2.05, 4.69) is 0 Å². The quantitative estimate of drug-likeness (QED) is 0.776. The highest BCUT2D eigenvalue weighted by Crippen LogP contribution is 2.19. The minimum Gasteiger partial charge on any atom is -0.394 e. The molecule has 1 aliphatic heterocycles. The third-order valence-corrected chi connectivity index (χ3v) is 3.91. The number of likely N-dealkylation sites (tertiary alicyclic amines) is 1. The first-order chi connectivity index (χ1) is 8.11. The highest BCUT2D eigenvalue weighted by Gasteiger charge is 2.30.